The lowest BCUT2D eigenvalue weighted by molar-refractivity contribution is -0.120. The number of fused-ring (bicyclic) bond motifs is 2. The summed E-state index contributed by atoms with van der Waals surface area (Å²) in [6.07, 6.45) is 14.5. The Balaban J connectivity index is 1.01. The Hall–Kier alpha value is -3.89. The fourth-order valence-corrected chi connectivity index (χ4v) is 7.86. The molecular formula is C36H45N5O5. The number of hydrogen-bond donors (Lipinski definition) is 2. The molecular weight excluding hydrogens is 582 g/mol. The highest BCUT2D eigenvalue weighted by molar-refractivity contribution is 5.92. The van der Waals surface area contributed by atoms with Gasteiger partial charge in [-0.3, -0.25) is 9.48 Å². The largest absolute Gasteiger partial charge is 0.454 e. The van der Waals surface area contributed by atoms with E-state index < -0.39 is 6.10 Å². The van der Waals surface area contributed by atoms with E-state index >= 15 is 0 Å². The average molecular weight is 628 g/mol. The van der Waals surface area contributed by atoms with Crippen molar-refractivity contribution in [2.75, 3.05) is 26.4 Å². The number of hydrogen-bond acceptors (Lipinski definition) is 8. The summed E-state index contributed by atoms with van der Waals surface area (Å²) >= 11 is 0. The quantitative estimate of drug-likeness (QED) is 0.319. The Morgan fingerprint density at radius 1 is 1.07 bits per heavy atom. The van der Waals surface area contributed by atoms with Crippen LogP contribution in [0.5, 0.6) is 17.2 Å². The van der Waals surface area contributed by atoms with Gasteiger partial charge in [-0.2, -0.15) is 5.10 Å². The van der Waals surface area contributed by atoms with Crippen molar-refractivity contribution in [2.45, 2.75) is 83.4 Å². The summed E-state index contributed by atoms with van der Waals surface area (Å²) in [6, 6.07) is 11.8. The van der Waals surface area contributed by atoms with E-state index in [1.807, 2.05) is 11.0 Å². The molecule has 2 aromatic carbocycles. The SMILES string of the molecule is Cc1ccc(C[C@@H](CCN2CCC(Cn3cncn3)(C3CCCCC3)CC2)NC(=O)C2=CC(O)c3cc4c(cc3O2)OCO4)cc1. The van der Waals surface area contributed by atoms with Gasteiger partial charge in [-0.15, -0.1) is 0 Å². The van der Waals surface area contributed by atoms with Gasteiger partial charge in [0.05, 0.1) is 0 Å². The number of carbonyl (C=O) groups excluding carboxylic acids is 1. The number of aryl methyl sites for hydroxylation is 1. The molecule has 2 fully saturated rings. The van der Waals surface area contributed by atoms with Crippen molar-refractivity contribution in [1.29, 1.82) is 0 Å². The number of carbonyl (C=O) groups is 1. The van der Waals surface area contributed by atoms with E-state index in [0.717, 1.165) is 51.4 Å². The van der Waals surface area contributed by atoms with Gasteiger partial charge >= 0.3 is 0 Å². The molecule has 2 atom stereocenters. The molecule has 4 heterocycles. The van der Waals surface area contributed by atoms with Gasteiger partial charge in [-0.1, -0.05) is 49.1 Å². The van der Waals surface area contributed by atoms with E-state index in [0.29, 0.717) is 29.2 Å². The van der Waals surface area contributed by atoms with Gasteiger partial charge in [0.2, 0.25) is 6.79 Å². The summed E-state index contributed by atoms with van der Waals surface area (Å²) in [5.74, 6) is 2.01. The molecule has 1 unspecified atom stereocenters. The summed E-state index contributed by atoms with van der Waals surface area (Å²) in [5, 5.41) is 18.6. The number of rotatable bonds is 10. The van der Waals surface area contributed by atoms with Crippen molar-refractivity contribution in [1.82, 2.24) is 25.0 Å². The molecule has 2 N–H and O–H groups in total. The van der Waals surface area contributed by atoms with Crippen LogP contribution in [0, 0.1) is 18.3 Å². The third-order valence-corrected chi connectivity index (χ3v) is 10.6. The van der Waals surface area contributed by atoms with Crippen molar-refractivity contribution in [2.24, 2.45) is 11.3 Å². The molecule has 0 spiro atoms. The van der Waals surface area contributed by atoms with Gasteiger partial charge in [0.1, 0.15) is 24.5 Å². The molecule has 3 aliphatic heterocycles. The minimum Gasteiger partial charge on any atom is -0.454 e. The van der Waals surface area contributed by atoms with E-state index in [2.05, 4.69) is 51.5 Å². The fourth-order valence-electron chi connectivity index (χ4n) is 7.86. The second-order valence-electron chi connectivity index (χ2n) is 13.6. The number of aliphatic hydroxyl groups is 1. The number of piperidine rings is 1. The monoisotopic (exact) mass is 627 g/mol. The normalized spacial score (nSPS) is 21.6. The first kappa shape index (κ1) is 30.7. The predicted molar refractivity (Wildman–Crippen MR) is 172 cm³/mol. The van der Waals surface area contributed by atoms with Gasteiger partial charge in [-0.25, -0.2) is 4.98 Å². The lowest BCUT2D eigenvalue weighted by Gasteiger charge is -2.48. The molecule has 3 aromatic rings. The van der Waals surface area contributed by atoms with Crippen molar-refractivity contribution in [3.8, 4) is 17.2 Å². The average Bonchev–Trinajstić information content (AvgIpc) is 3.77. The number of aromatic nitrogens is 3. The zero-order valence-corrected chi connectivity index (χ0v) is 26.7. The maximum absolute atomic E-state index is 13.6. The van der Waals surface area contributed by atoms with Crippen LogP contribution in [0.25, 0.3) is 0 Å². The summed E-state index contributed by atoms with van der Waals surface area (Å²) in [4.78, 5) is 20.4. The van der Waals surface area contributed by atoms with Crippen molar-refractivity contribution < 1.29 is 24.1 Å². The van der Waals surface area contributed by atoms with Crippen LogP contribution in [0.3, 0.4) is 0 Å². The summed E-state index contributed by atoms with van der Waals surface area (Å²) in [7, 11) is 0. The Morgan fingerprint density at radius 2 is 1.83 bits per heavy atom. The predicted octanol–water partition coefficient (Wildman–Crippen LogP) is 5.11. The van der Waals surface area contributed by atoms with Crippen LogP contribution in [0.15, 0.2) is 60.9 Å². The zero-order chi connectivity index (χ0) is 31.5. The Kier molecular flexibility index (Phi) is 8.99. The number of amides is 1. The molecule has 244 valence electrons. The molecule has 10 nitrogen and oxygen atoms in total. The first-order valence-corrected chi connectivity index (χ1v) is 16.9. The second kappa shape index (κ2) is 13.5. The molecule has 1 aromatic heterocycles. The lowest BCUT2D eigenvalue weighted by Crippen LogP contribution is -2.48. The van der Waals surface area contributed by atoms with E-state index in [-0.39, 0.29) is 29.9 Å². The summed E-state index contributed by atoms with van der Waals surface area (Å²) in [5.41, 5.74) is 3.20. The number of benzene rings is 2. The van der Waals surface area contributed by atoms with E-state index in [9.17, 15) is 9.90 Å². The number of aliphatic hydroxyl groups excluding tert-OH is 1. The maximum atomic E-state index is 13.6. The Morgan fingerprint density at radius 3 is 2.57 bits per heavy atom. The molecule has 10 heteroatoms. The third-order valence-electron chi connectivity index (χ3n) is 10.6. The Labute approximate surface area is 270 Å². The van der Waals surface area contributed by atoms with E-state index in [1.54, 1.807) is 18.5 Å². The molecule has 0 radical (unpaired) electrons. The van der Waals surface area contributed by atoms with Gasteiger partial charge in [0.25, 0.3) is 5.91 Å². The van der Waals surface area contributed by atoms with Crippen LogP contribution < -0.4 is 19.5 Å². The van der Waals surface area contributed by atoms with Crippen molar-refractivity contribution in [3.63, 3.8) is 0 Å². The maximum Gasteiger partial charge on any atom is 0.287 e. The molecule has 1 saturated heterocycles. The first-order valence-electron chi connectivity index (χ1n) is 16.9. The molecule has 7 rings (SSSR count). The smallest absolute Gasteiger partial charge is 0.287 e. The van der Waals surface area contributed by atoms with Gasteiger partial charge in [0, 0.05) is 30.8 Å². The lowest BCUT2D eigenvalue weighted by atomic mass is 9.63. The van der Waals surface area contributed by atoms with E-state index in [4.69, 9.17) is 14.2 Å². The fraction of sp³-hybridized carbons (Fsp3) is 0.528. The minimum atomic E-state index is -0.982. The molecule has 46 heavy (non-hydrogen) atoms. The highest BCUT2D eigenvalue weighted by atomic mass is 16.7. The topological polar surface area (TPSA) is 111 Å². The first-order chi connectivity index (χ1) is 22.4. The van der Waals surface area contributed by atoms with Crippen LogP contribution in [0.1, 0.15) is 74.2 Å². The molecule has 1 amide bonds. The number of likely N-dealkylation sites (tertiary alicyclic amines) is 1. The molecule has 1 aliphatic carbocycles. The zero-order valence-electron chi connectivity index (χ0n) is 26.7. The molecule has 0 bridgehead atoms. The Bertz CT molecular complexity index is 1520. The standard InChI is InChI=1S/C36H45N5O5/c1-25-7-9-26(10-8-25)17-28(39-35(43)34-19-30(42)29-18-32-33(45-24-44-32)20-31(29)46-34)11-14-40-15-12-36(13-16-40,21-41-23-37-22-38-41)27-5-3-2-4-6-27/h7-10,18-20,22-23,27-28,30,42H,2-6,11-17,21,24H2,1H3,(H,39,43)/t28-,30?/m1/s1. The van der Waals surface area contributed by atoms with Gasteiger partial charge < -0.3 is 29.5 Å². The third kappa shape index (κ3) is 6.78. The molecule has 1 saturated carbocycles. The van der Waals surface area contributed by atoms with Crippen molar-refractivity contribution >= 4 is 5.91 Å². The number of ether oxygens (including phenoxy) is 3. The summed E-state index contributed by atoms with van der Waals surface area (Å²) < 4.78 is 19.0. The number of nitrogens with one attached hydrogen (secondary N) is 1. The highest BCUT2D eigenvalue weighted by Gasteiger charge is 2.42. The van der Waals surface area contributed by atoms with Crippen LogP contribution in [0.2, 0.25) is 0 Å². The van der Waals surface area contributed by atoms with Crippen LogP contribution in [-0.4, -0.2) is 63.1 Å². The van der Waals surface area contributed by atoms with Crippen LogP contribution in [-0.2, 0) is 17.8 Å². The van der Waals surface area contributed by atoms with Gasteiger partial charge in [-0.05, 0) is 87.6 Å². The highest BCUT2D eigenvalue weighted by Crippen LogP contribution is 2.47. The van der Waals surface area contributed by atoms with E-state index in [1.165, 1.54) is 49.3 Å². The molecule has 4 aliphatic rings. The van der Waals surface area contributed by atoms with Crippen LogP contribution >= 0.6 is 0 Å². The number of nitrogens with zero attached hydrogens (tertiary/aromatic N) is 4. The van der Waals surface area contributed by atoms with Gasteiger partial charge in [0.15, 0.2) is 17.3 Å². The van der Waals surface area contributed by atoms with Crippen molar-refractivity contribution in [3.05, 3.63) is 77.6 Å². The minimum absolute atomic E-state index is 0.0936. The summed E-state index contributed by atoms with van der Waals surface area (Å²) in [6.45, 7) is 6.14. The second-order valence-corrected chi connectivity index (χ2v) is 13.6. The van der Waals surface area contributed by atoms with Crippen LogP contribution in [0.4, 0.5) is 0 Å².